The van der Waals surface area contributed by atoms with E-state index in [9.17, 15) is 0 Å². The second-order valence-corrected chi connectivity index (χ2v) is 6.90. The van der Waals surface area contributed by atoms with E-state index in [0.29, 0.717) is 5.92 Å². The first-order valence-electron chi connectivity index (χ1n) is 8.48. The monoisotopic (exact) mass is 287 g/mol. The van der Waals surface area contributed by atoms with E-state index < -0.39 is 0 Å². The Hall–Kier alpha value is -0.900. The van der Waals surface area contributed by atoms with Gasteiger partial charge in [0.15, 0.2) is 0 Å². The van der Waals surface area contributed by atoms with E-state index in [-0.39, 0.29) is 0 Å². The Kier molecular flexibility index (Phi) is 4.94. The molecule has 2 fully saturated rings. The minimum Gasteiger partial charge on any atom is -0.330 e. The van der Waals surface area contributed by atoms with Crippen molar-refractivity contribution in [2.45, 2.75) is 32.2 Å². The van der Waals surface area contributed by atoms with E-state index in [0.717, 1.165) is 19.0 Å². The van der Waals surface area contributed by atoms with Gasteiger partial charge in [0.25, 0.3) is 0 Å². The predicted molar refractivity (Wildman–Crippen MR) is 88.4 cm³/mol. The highest BCUT2D eigenvalue weighted by Crippen LogP contribution is 2.30. The standard InChI is InChI=1S/C18H29N3/c1-15(12-19)18-6-4-17(5-7-18)14-21-10-8-20(9-11-21)13-16-2-3-16/h4-7,15-16H,2-3,8-14,19H2,1H3. The molecule has 1 atom stereocenters. The Bertz CT molecular complexity index is 430. The summed E-state index contributed by atoms with van der Waals surface area (Å²) in [6, 6.07) is 9.04. The van der Waals surface area contributed by atoms with Gasteiger partial charge in [-0.15, -0.1) is 0 Å². The third kappa shape index (κ3) is 4.29. The molecule has 0 aromatic heterocycles. The molecule has 2 N–H and O–H groups in total. The van der Waals surface area contributed by atoms with Gasteiger partial charge in [-0.05, 0) is 42.3 Å². The zero-order valence-corrected chi connectivity index (χ0v) is 13.3. The van der Waals surface area contributed by atoms with Gasteiger partial charge in [0.1, 0.15) is 0 Å². The molecule has 1 aromatic rings. The Morgan fingerprint density at radius 3 is 2.24 bits per heavy atom. The SMILES string of the molecule is CC(CN)c1ccc(CN2CCN(CC3CC3)CC2)cc1. The van der Waals surface area contributed by atoms with Crippen molar-refractivity contribution in [1.82, 2.24) is 9.80 Å². The molecule has 1 aliphatic carbocycles. The molecule has 1 saturated carbocycles. The normalized spacial score (nSPS) is 22.4. The van der Waals surface area contributed by atoms with E-state index in [1.807, 2.05) is 0 Å². The average Bonchev–Trinajstić information content (AvgIpc) is 3.33. The number of piperazine rings is 1. The summed E-state index contributed by atoms with van der Waals surface area (Å²) in [5.41, 5.74) is 8.52. The number of nitrogens with two attached hydrogens (primary N) is 1. The molecule has 0 amide bonds. The molecule has 0 spiro atoms. The molecule has 1 saturated heterocycles. The quantitative estimate of drug-likeness (QED) is 0.871. The summed E-state index contributed by atoms with van der Waals surface area (Å²) in [7, 11) is 0. The van der Waals surface area contributed by atoms with Crippen molar-refractivity contribution < 1.29 is 0 Å². The number of benzene rings is 1. The van der Waals surface area contributed by atoms with Crippen LogP contribution < -0.4 is 5.73 Å². The van der Waals surface area contributed by atoms with Crippen molar-refractivity contribution in [3.05, 3.63) is 35.4 Å². The Balaban J connectivity index is 1.46. The fourth-order valence-electron chi connectivity index (χ4n) is 3.14. The lowest BCUT2D eigenvalue weighted by atomic mass is 10.00. The van der Waals surface area contributed by atoms with Crippen molar-refractivity contribution in [3.8, 4) is 0 Å². The Morgan fingerprint density at radius 1 is 1.05 bits per heavy atom. The lowest BCUT2D eigenvalue weighted by Crippen LogP contribution is -2.46. The summed E-state index contributed by atoms with van der Waals surface area (Å²) in [6.07, 6.45) is 2.93. The molecule has 3 nitrogen and oxygen atoms in total. The topological polar surface area (TPSA) is 32.5 Å². The van der Waals surface area contributed by atoms with Gasteiger partial charge in [0.2, 0.25) is 0 Å². The maximum Gasteiger partial charge on any atom is 0.0234 e. The maximum atomic E-state index is 5.73. The molecule has 1 unspecified atom stereocenters. The molecule has 3 heteroatoms. The third-order valence-electron chi connectivity index (χ3n) is 4.99. The van der Waals surface area contributed by atoms with Crippen LogP contribution in [0, 0.1) is 5.92 Å². The van der Waals surface area contributed by atoms with Gasteiger partial charge in [-0.1, -0.05) is 31.2 Å². The van der Waals surface area contributed by atoms with E-state index in [1.165, 1.54) is 56.7 Å². The predicted octanol–water partition coefficient (Wildman–Crippen LogP) is 2.28. The van der Waals surface area contributed by atoms with E-state index in [4.69, 9.17) is 5.73 Å². The van der Waals surface area contributed by atoms with Crippen LogP contribution >= 0.6 is 0 Å². The summed E-state index contributed by atoms with van der Waals surface area (Å²) >= 11 is 0. The number of hydrogen-bond donors (Lipinski definition) is 1. The number of rotatable bonds is 6. The molecule has 1 aromatic carbocycles. The highest BCUT2D eigenvalue weighted by atomic mass is 15.3. The smallest absolute Gasteiger partial charge is 0.0234 e. The molecule has 2 aliphatic rings. The van der Waals surface area contributed by atoms with Crippen LogP contribution in [0.25, 0.3) is 0 Å². The van der Waals surface area contributed by atoms with Crippen molar-refractivity contribution in [2.75, 3.05) is 39.3 Å². The summed E-state index contributed by atoms with van der Waals surface area (Å²) in [5.74, 6) is 1.48. The average molecular weight is 287 g/mol. The lowest BCUT2D eigenvalue weighted by molar-refractivity contribution is 0.123. The van der Waals surface area contributed by atoms with Gasteiger partial charge < -0.3 is 10.6 Å². The Labute approximate surface area is 129 Å². The minimum atomic E-state index is 0.463. The molecule has 0 radical (unpaired) electrons. The summed E-state index contributed by atoms with van der Waals surface area (Å²) in [5, 5.41) is 0. The van der Waals surface area contributed by atoms with Gasteiger partial charge in [0, 0.05) is 39.3 Å². The lowest BCUT2D eigenvalue weighted by Gasteiger charge is -2.34. The van der Waals surface area contributed by atoms with E-state index in [1.54, 1.807) is 0 Å². The molecule has 21 heavy (non-hydrogen) atoms. The van der Waals surface area contributed by atoms with Crippen LogP contribution in [0.5, 0.6) is 0 Å². The molecular weight excluding hydrogens is 258 g/mol. The van der Waals surface area contributed by atoms with Gasteiger partial charge >= 0.3 is 0 Å². The molecule has 3 rings (SSSR count). The van der Waals surface area contributed by atoms with Gasteiger partial charge in [0.05, 0.1) is 0 Å². The van der Waals surface area contributed by atoms with Crippen LogP contribution in [0.3, 0.4) is 0 Å². The second kappa shape index (κ2) is 6.91. The number of hydrogen-bond acceptors (Lipinski definition) is 3. The van der Waals surface area contributed by atoms with E-state index >= 15 is 0 Å². The van der Waals surface area contributed by atoms with Crippen LogP contribution in [-0.4, -0.2) is 49.1 Å². The highest BCUT2D eigenvalue weighted by molar-refractivity contribution is 5.25. The van der Waals surface area contributed by atoms with Gasteiger partial charge in [-0.25, -0.2) is 0 Å². The fourth-order valence-corrected chi connectivity index (χ4v) is 3.14. The maximum absolute atomic E-state index is 5.73. The first-order chi connectivity index (χ1) is 10.2. The first-order valence-corrected chi connectivity index (χ1v) is 8.48. The summed E-state index contributed by atoms with van der Waals surface area (Å²) in [4.78, 5) is 5.24. The van der Waals surface area contributed by atoms with Crippen LogP contribution in [-0.2, 0) is 6.54 Å². The third-order valence-corrected chi connectivity index (χ3v) is 4.99. The van der Waals surface area contributed by atoms with Crippen molar-refractivity contribution in [2.24, 2.45) is 11.7 Å². The van der Waals surface area contributed by atoms with Crippen molar-refractivity contribution in [3.63, 3.8) is 0 Å². The Morgan fingerprint density at radius 2 is 1.67 bits per heavy atom. The fraction of sp³-hybridized carbons (Fsp3) is 0.667. The molecule has 1 heterocycles. The second-order valence-electron chi connectivity index (χ2n) is 6.90. The first kappa shape index (κ1) is 15.0. The number of nitrogens with zero attached hydrogens (tertiary/aromatic N) is 2. The van der Waals surface area contributed by atoms with Crippen molar-refractivity contribution in [1.29, 1.82) is 0 Å². The highest BCUT2D eigenvalue weighted by Gasteiger charge is 2.26. The molecule has 116 valence electrons. The van der Waals surface area contributed by atoms with Crippen molar-refractivity contribution >= 4 is 0 Å². The van der Waals surface area contributed by atoms with Gasteiger partial charge in [-0.2, -0.15) is 0 Å². The zero-order valence-electron chi connectivity index (χ0n) is 13.3. The summed E-state index contributed by atoms with van der Waals surface area (Å²) < 4.78 is 0. The molecule has 1 aliphatic heterocycles. The zero-order chi connectivity index (χ0) is 14.7. The van der Waals surface area contributed by atoms with Crippen LogP contribution in [0.1, 0.15) is 36.8 Å². The largest absolute Gasteiger partial charge is 0.330 e. The van der Waals surface area contributed by atoms with Gasteiger partial charge in [-0.3, -0.25) is 4.90 Å². The summed E-state index contributed by atoms with van der Waals surface area (Å²) in [6.45, 7) is 10.3. The molecular formula is C18H29N3. The molecule has 0 bridgehead atoms. The van der Waals surface area contributed by atoms with Crippen LogP contribution in [0.2, 0.25) is 0 Å². The van der Waals surface area contributed by atoms with Crippen LogP contribution in [0.4, 0.5) is 0 Å². The minimum absolute atomic E-state index is 0.463. The van der Waals surface area contributed by atoms with Crippen LogP contribution in [0.15, 0.2) is 24.3 Å². The van der Waals surface area contributed by atoms with E-state index in [2.05, 4.69) is 41.0 Å².